The molecule has 0 aromatic carbocycles. The molecule has 1 saturated carbocycles. The summed E-state index contributed by atoms with van der Waals surface area (Å²) in [5, 5.41) is 0. The third-order valence-electron chi connectivity index (χ3n) is 5.45. The minimum absolute atomic E-state index is 0.215. The van der Waals surface area contributed by atoms with Crippen molar-refractivity contribution in [2.75, 3.05) is 14.1 Å². The molecule has 4 amide bonds. The Kier molecular flexibility index (Phi) is 1.99. The average molecular weight is 274 g/mol. The van der Waals surface area contributed by atoms with Gasteiger partial charge in [-0.1, -0.05) is 12.2 Å². The van der Waals surface area contributed by atoms with E-state index in [-0.39, 0.29) is 35.5 Å². The second-order valence-corrected chi connectivity index (χ2v) is 6.11. The molecule has 2 heterocycles. The van der Waals surface area contributed by atoms with Crippen molar-refractivity contribution in [2.45, 2.75) is 0 Å². The van der Waals surface area contributed by atoms with E-state index < -0.39 is 23.7 Å². The van der Waals surface area contributed by atoms with Crippen LogP contribution in [-0.4, -0.2) is 47.5 Å². The summed E-state index contributed by atoms with van der Waals surface area (Å²) in [5.41, 5.74) is 0. The summed E-state index contributed by atoms with van der Waals surface area (Å²) >= 11 is 0. The molecular weight excluding hydrogens is 260 g/mol. The van der Waals surface area contributed by atoms with Gasteiger partial charge in [-0.15, -0.1) is 0 Å². The van der Waals surface area contributed by atoms with E-state index >= 15 is 0 Å². The van der Waals surface area contributed by atoms with E-state index in [1.165, 1.54) is 14.1 Å². The molecular formula is C14H14N2O4. The van der Waals surface area contributed by atoms with Gasteiger partial charge in [0.05, 0.1) is 23.7 Å². The molecule has 0 aromatic heterocycles. The zero-order chi connectivity index (χ0) is 14.3. The van der Waals surface area contributed by atoms with Crippen LogP contribution in [0.15, 0.2) is 12.2 Å². The summed E-state index contributed by atoms with van der Waals surface area (Å²) in [6, 6.07) is 0. The Labute approximate surface area is 115 Å². The van der Waals surface area contributed by atoms with Gasteiger partial charge in [0.25, 0.3) is 0 Å². The molecule has 20 heavy (non-hydrogen) atoms. The van der Waals surface area contributed by atoms with E-state index in [4.69, 9.17) is 0 Å². The van der Waals surface area contributed by atoms with Crippen molar-refractivity contribution in [3.8, 4) is 0 Å². The smallest absolute Gasteiger partial charge is 0.233 e. The molecule has 0 spiro atoms. The van der Waals surface area contributed by atoms with Gasteiger partial charge < -0.3 is 0 Å². The fraction of sp³-hybridized carbons (Fsp3) is 0.571. The van der Waals surface area contributed by atoms with Gasteiger partial charge >= 0.3 is 0 Å². The van der Waals surface area contributed by atoms with Gasteiger partial charge in [0, 0.05) is 25.9 Å². The number of likely N-dealkylation sites (tertiary alicyclic amines) is 2. The van der Waals surface area contributed by atoms with E-state index in [0.29, 0.717) is 0 Å². The highest BCUT2D eigenvalue weighted by atomic mass is 16.2. The Balaban J connectivity index is 1.87. The van der Waals surface area contributed by atoms with Gasteiger partial charge in [-0.05, 0) is 0 Å². The van der Waals surface area contributed by atoms with Crippen molar-refractivity contribution in [2.24, 2.45) is 35.5 Å². The molecule has 3 fully saturated rings. The van der Waals surface area contributed by atoms with E-state index in [2.05, 4.69) is 0 Å². The molecule has 5 aliphatic rings. The minimum Gasteiger partial charge on any atom is -0.285 e. The van der Waals surface area contributed by atoms with Crippen molar-refractivity contribution in [3.05, 3.63) is 12.2 Å². The van der Waals surface area contributed by atoms with Crippen LogP contribution in [0.3, 0.4) is 0 Å². The normalized spacial score (nSPS) is 45.5. The van der Waals surface area contributed by atoms with Gasteiger partial charge in [0.15, 0.2) is 0 Å². The van der Waals surface area contributed by atoms with Crippen molar-refractivity contribution in [3.63, 3.8) is 0 Å². The average Bonchev–Trinajstić information content (AvgIpc) is 2.83. The fourth-order valence-corrected chi connectivity index (χ4v) is 4.52. The summed E-state index contributed by atoms with van der Waals surface area (Å²) in [6.45, 7) is 0. The monoisotopic (exact) mass is 274 g/mol. The quantitative estimate of drug-likeness (QED) is 0.431. The largest absolute Gasteiger partial charge is 0.285 e. The van der Waals surface area contributed by atoms with Crippen molar-refractivity contribution < 1.29 is 19.2 Å². The standard InChI is InChI=1S/C14H14N2O4/c1-15-11(17)7-5-3-4-6(8(7)12(15)18)10-9(5)13(19)16(2)14(10)20/h3-10H,1-2H3. The van der Waals surface area contributed by atoms with Crippen LogP contribution in [0.5, 0.6) is 0 Å². The first kappa shape index (κ1) is 11.8. The highest BCUT2D eigenvalue weighted by molar-refractivity contribution is 6.10. The first-order valence-corrected chi connectivity index (χ1v) is 6.76. The zero-order valence-corrected chi connectivity index (χ0v) is 11.1. The van der Waals surface area contributed by atoms with Gasteiger partial charge in [0.2, 0.25) is 23.6 Å². The van der Waals surface area contributed by atoms with E-state index in [9.17, 15) is 19.2 Å². The summed E-state index contributed by atoms with van der Waals surface area (Å²) in [6.07, 6.45) is 3.73. The molecule has 6 heteroatoms. The van der Waals surface area contributed by atoms with Crippen LogP contribution in [-0.2, 0) is 19.2 Å². The van der Waals surface area contributed by atoms with Crippen molar-refractivity contribution >= 4 is 23.6 Å². The second kappa shape index (κ2) is 3.37. The third kappa shape index (κ3) is 1.04. The van der Waals surface area contributed by atoms with E-state index in [1.54, 1.807) is 0 Å². The third-order valence-corrected chi connectivity index (χ3v) is 5.45. The number of nitrogens with zero attached hydrogens (tertiary/aromatic N) is 2. The Bertz CT molecular complexity index is 514. The Hall–Kier alpha value is -1.98. The number of allylic oxidation sites excluding steroid dienone is 2. The molecule has 5 rings (SSSR count). The Morgan fingerprint density at radius 1 is 0.650 bits per heavy atom. The van der Waals surface area contributed by atoms with E-state index in [0.717, 1.165) is 9.80 Å². The van der Waals surface area contributed by atoms with Crippen LogP contribution in [0, 0.1) is 35.5 Å². The lowest BCUT2D eigenvalue weighted by molar-refractivity contribution is -0.138. The molecule has 2 saturated heterocycles. The van der Waals surface area contributed by atoms with E-state index in [1.807, 2.05) is 12.2 Å². The SMILES string of the molecule is CN1C(=O)C2C3C=CC(C2C1=O)C1C(=O)N(C)C(=O)C31. The lowest BCUT2D eigenvalue weighted by Crippen LogP contribution is -2.50. The van der Waals surface area contributed by atoms with Crippen LogP contribution >= 0.6 is 0 Å². The maximum atomic E-state index is 12.3. The number of carbonyl (C=O) groups is 4. The van der Waals surface area contributed by atoms with Gasteiger partial charge in [0.1, 0.15) is 0 Å². The summed E-state index contributed by atoms with van der Waals surface area (Å²) in [5.74, 6) is -3.37. The van der Waals surface area contributed by atoms with Crippen LogP contribution < -0.4 is 0 Å². The van der Waals surface area contributed by atoms with Gasteiger partial charge in [-0.3, -0.25) is 29.0 Å². The first-order chi connectivity index (χ1) is 9.45. The fourth-order valence-electron chi connectivity index (χ4n) is 4.52. The Morgan fingerprint density at radius 3 is 1.15 bits per heavy atom. The number of carbonyl (C=O) groups excluding carboxylic acids is 4. The molecule has 4 unspecified atom stereocenters. The zero-order valence-electron chi connectivity index (χ0n) is 11.1. The highest BCUT2D eigenvalue weighted by Gasteiger charge is 2.67. The lowest BCUT2D eigenvalue weighted by atomic mass is 9.54. The van der Waals surface area contributed by atoms with Gasteiger partial charge in [-0.25, -0.2) is 0 Å². The molecule has 0 radical (unpaired) electrons. The second-order valence-electron chi connectivity index (χ2n) is 6.11. The molecule has 3 aliphatic carbocycles. The summed E-state index contributed by atoms with van der Waals surface area (Å²) in [4.78, 5) is 51.3. The molecule has 6 nitrogen and oxygen atoms in total. The summed E-state index contributed by atoms with van der Waals surface area (Å²) in [7, 11) is 2.96. The molecule has 2 bridgehead atoms. The number of imide groups is 2. The molecule has 2 aliphatic heterocycles. The van der Waals surface area contributed by atoms with Crippen LogP contribution in [0.1, 0.15) is 0 Å². The predicted octanol–water partition coefficient (Wildman–Crippen LogP) is -0.736. The first-order valence-electron chi connectivity index (χ1n) is 6.76. The topological polar surface area (TPSA) is 74.8 Å². The minimum atomic E-state index is -0.466. The molecule has 104 valence electrons. The van der Waals surface area contributed by atoms with Crippen LogP contribution in [0.25, 0.3) is 0 Å². The van der Waals surface area contributed by atoms with Crippen molar-refractivity contribution in [1.82, 2.24) is 9.80 Å². The lowest BCUT2D eigenvalue weighted by Gasteiger charge is -2.44. The predicted molar refractivity (Wildman–Crippen MR) is 65.6 cm³/mol. The number of hydrogen-bond donors (Lipinski definition) is 0. The Morgan fingerprint density at radius 2 is 0.900 bits per heavy atom. The highest BCUT2D eigenvalue weighted by Crippen LogP contribution is 2.57. The maximum Gasteiger partial charge on any atom is 0.233 e. The maximum absolute atomic E-state index is 12.3. The number of amides is 4. The molecule has 4 atom stereocenters. The van der Waals surface area contributed by atoms with Crippen LogP contribution in [0.4, 0.5) is 0 Å². The van der Waals surface area contributed by atoms with Crippen molar-refractivity contribution in [1.29, 1.82) is 0 Å². The summed E-state index contributed by atoms with van der Waals surface area (Å²) < 4.78 is 0. The number of hydrogen-bond acceptors (Lipinski definition) is 4. The van der Waals surface area contributed by atoms with Crippen LogP contribution in [0.2, 0.25) is 0 Å². The molecule has 0 N–H and O–H groups in total. The molecule has 0 aromatic rings. The number of rotatable bonds is 0. The van der Waals surface area contributed by atoms with Gasteiger partial charge in [-0.2, -0.15) is 0 Å².